The predicted octanol–water partition coefficient (Wildman–Crippen LogP) is 2.59. The molecule has 0 saturated carbocycles. The lowest BCUT2D eigenvalue weighted by molar-refractivity contribution is 0.353. The van der Waals surface area contributed by atoms with Gasteiger partial charge in [-0.3, -0.25) is 0 Å². The van der Waals surface area contributed by atoms with E-state index in [0.29, 0.717) is 19.6 Å². The van der Waals surface area contributed by atoms with Crippen molar-refractivity contribution in [3.8, 4) is 0 Å². The lowest BCUT2D eigenvalue weighted by Gasteiger charge is -2.39. The lowest BCUT2D eigenvalue weighted by Crippen LogP contribution is -2.57. The van der Waals surface area contributed by atoms with E-state index in [-0.39, 0.29) is 29.7 Å². The number of nitrogens with one attached hydrogen (secondary N) is 1. The molecule has 0 aliphatic carbocycles. The Morgan fingerprint density at radius 3 is 2.46 bits per heavy atom. The fraction of sp³-hybridized carbons (Fsp3) is 0.588. The van der Waals surface area contributed by atoms with Crippen LogP contribution in [0.25, 0.3) is 0 Å². The van der Waals surface area contributed by atoms with Gasteiger partial charge in [-0.1, -0.05) is 29.8 Å². The van der Waals surface area contributed by atoms with Gasteiger partial charge in [-0.15, -0.1) is 24.0 Å². The minimum atomic E-state index is -3.04. The standard InChI is InChI=1S/C17H27N3O2S.HI/c1-5-18-16(19-12-15-8-6-14(2)7-9-15)20-10-11-23(21,22)17(3,4)13-20;/h6-9H,5,10-13H2,1-4H3,(H,18,19);1H. The molecule has 2 rings (SSSR count). The highest BCUT2D eigenvalue weighted by Gasteiger charge is 2.40. The molecule has 0 atom stereocenters. The van der Waals surface area contributed by atoms with Crippen molar-refractivity contribution in [1.82, 2.24) is 10.2 Å². The second kappa shape index (κ2) is 8.51. The third-order valence-electron chi connectivity index (χ3n) is 4.21. The van der Waals surface area contributed by atoms with E-state index in [4.69, 9.17) is 0 Å². The summed E-state index contributed by atoms with van der Waals surface area (Å²) in [6.07, 6.45) is 0. The molecule has 1 saturated heterocycles. The first-order valence-electron chi connectivity index (χ1n) is 8.06. The molecule has 1 aliphatic rings. The van der Waals surface area contributed by atoms with Crippen molar-refractivity contribution in [3.05, 3.63) is 35.4 Å². The van der Waals surface area contributed by atoms with Crippen LogP contribution >= 0.6 is 24.0 Å². The number of hydrogen-bond acceptors (Lipinski definition) is 3. The Morgan fingerprint density at radius 1 is 1.29 bits per heavy atom. The van der Waals surface area contributed by atoms with Gasteiger partial charge >= 0.3 is 0 Å². The summed E-state index contributed by atoms with van der Waals surface area (Å²) in [5, 5.41) is 3.28. The highest BCUT2D eigenvalue weighted by atomic mass is 127. The first-order valence-corrected chi connectivity index (χ1v) is 9.71. The van der Waals surface area contributed by atoms with Gasteiger partial charge in [0.15, 0.2) is 15.8 Å². The predicted molar refractivity (Wildman–Crippen MR) is 111 cm³/mol. The van der Waals surface area contributed by atoms with Gasteiger partial charge < -0.3 is 10.2 Å². The molecule has 1 fully saturated rings. The van der Waals surface area contributed by atoms with E-state index in [1.807, 2.05) is 6.92 Å². The lowest BCUT2D eigenvalue weighted by atomic mass is 10.1. The summed E-state index contributed by atoms with van der Waals surface area (Å²) in [6, 6.07) is 8.31. The Labute approximate surface area is 162 Å². The van der Waals surface area contributed by atoms with Crippen molar-refractivity contribution in [2.24, 2.45) is 4.99 Å². The number of hydrogen-bond donors (Lipinski definition) is 1. The second-order valence-corrected chi connectivity index (χ2v) is 9.40. The van der Waals surface area contributed by atoms with Crippen LogP contribution in [0.4, 0.5) is 0 Å². The molecule has 1 aromatic rings. The van der Waals surface area contributed by atoms with Gasteiger partial charge in [0.1, 0.15) is 0 Å². The zero-order valence-electron chi connectivity index (χ0n) is 14.9. The van der Waals surface area contributed by atoms with Crippen LogP contribution < -0.4 is 5.32 Å². The Morgan fingerprint density at radius 2 is 1.92 bits per heavy atom. The number of sulfone groups is 1. The van der Waals surface area contributed by atoms with E-state index in [2.05, 4.69) is 46.4 Å². The maximum atomic E-state index is 12.2. The van der Waals surface area contributed by atoms with E-state index in [0.717, 1.165) is 18.1 Å². The largest absolute Gasteiger partial charge is 0.357 e. The maximum Gasteiger partial charge on any atom is 0.194 e. The topological polar surface area (TPSA) is 61.8 Å². The average Bonchev–Trinajstić information content (AvgIpc) is 2.48. The maximum absolute atomic E-state index is 12.2. The van der Waals surface area contributed by atoms with E-state index < -0.39 is 14.6 Å². The van der Waals surface area contributed by atoms with Crippen molar-refractivity contribution in [3.63, 3.8) is 0 Å². The van der Waals surface area contributed by atoms with Crippen LogP contribution in [0.5, 0.6) is 0 Å². The molecule has 0 radical (unpaired) electrons. The first-order chi connectivity index (χ1) is 10.7. The molecule has 136 valence electrons. The summed E-state index contributed by atoms with van der Waals surface area (Å²) in [7, 11) is -3.04. The zero-order valence-corrected chi connectivity index (χ0v) is 18.0. The highest BCUT2D eigenvalue weighted by Crippen LogP contribution is 2.23. The van der Waals surface area contributed by atoms with Crippen LogP contribution in [-0.4, -0.2) is 49.4 Å². The summed E-state index contributed by atoms with van der Waals surface area (Å²) < 4.78 is 23.6. The van der Waals surface area contributed by atoms with Gasteiger partial charge in [0.05, 0.1) is 17.0 Å². The number of benzene rings is 1. The summed E-state index contributed by atoms with van der Waals surface area (Å²) in [4.78, 5) is 6.74. The third kappa shape index (κ3) is 5.08. The number of rotatable bonds is 3. The molecule has 1 heterocycles. The van der Waals surface area contributed by atoms with Crippen LogP contribution in [0, 0.1) is 6.92 Å². The quantitative estimate of drug-likeness (QED) is 0.424. The van der Waals surface area contributed by atoms with Crippen molar-refractivity contribution in [1.29, 1.82) is 0 Å². The molecule has 0 spiro atoms. The van der Waals surface area contributed by atoms with Gasteiger partial charge in [-0.2, -0.15) is 0 Å². The third-order valence-corrected chi connectivity index (χ3v) is 6.74. The number of guanidine groups is 1. The Balaban J connectivity index is 0.00000288. The molecule has 0 bridgehead atoms. The molecule has 1 aliphatic heterocycles. The average molecular weight is 465 g/mol. The second-order valence-electron chi connectivity index (χ2n) is 6.66. The number of aliphatic imine (C=N–C) groups is 1. The first kappa shape index (κ1) is 21.2. The van der Waals surface area contributed by atoms with Crippen molar-refractivity contribution >= 4 is 39.8 Å². The van der Waals surface area contributed by atoms with Crippen LogP contribution in [0.1, 0.15) is 31.9 Å². The van der Waals surface area contributed by atoms with Crippen molar-refractivity contribution in [2.75, 3.05) is 25.4 Å². The van der Waals surface area contributed by atoms with Gasteiger partial charge in [-0.05, 0) is 33.3 Å². The van der Waals surface area contributed by atoms with Gasteiger partial charge in [0.25, 0.3) is 0 Å². The van der Waals surface area contributed by atoms with E-state index in [1.165, 1.54) is 5.56 Å². The zero-order chi connectivity index (χ0) is 17.1. The fourth-order valence-electron chi connectivity index (χ4n) is 2.61. The van der Waals surface area contributed by atoms with Crippen LogP contribution in [0.2, 0.25) is 0 Å². The summed E-state index contributed by atoms with van der Waals surface area (Å²) >= 11 is 0. The molecule has 0 unspecified atom stereocenters. The van der Waals surface area contributed by atoms with Crippen molar-refractivity contribution in [2.45, 2.75) is 39.0 Å². The van der Waals surface area contributed by atoms with Crippen LogP contribution in [-0.2, 0) is 16.4 Å². The Kier molecular flexibility index (Phi) is 7.52. The highest BCUT2D eigenvalue weighted by molar-refractivity contribution is 14.0. The smallest absolute Gasteiger partial charge is 0.194 e. The summed E-state index contributed by atoms with van der Waals surface area (Å²) in [5.74, 6) is 0.964. The molecule has 1 N–H and O–H groups in total. The molecular weight excluding hydrogens is 437 g/mol. The number of halogens is 1. The molecule has 5 nitrogen and oxygen atoms in total. The Bertz CT molecular complexity index is 670. The fourth-order valence-corrected chi connectivity index (χ4v) is 3.98. The monoisotopic (exact) mass is 465 g/mol. The number of aryl methyl sites for hydroxylation is 1. The summed E-state index contributed by atoms with van der Waals surface area (Å²) in [5.41, 5.74) is 2.38. The Hall–Kier alpha value is -0.830. The normalized spacial score (nSPS) is 19.5. The van der Waals surface area contributed by atoms with Crippen LogP contribution in [0.15, 0.2) is 29.3 Å². The van der Waals surface area contributed by atoms with E-state index in [9.17, 15) is 8.42 Å². The molecule has 24 heavy (non-hydrogen) atoms. The van der Waals surface area contributed by atoms with E-state index >= 15 is 0 Å². The molecule has 0 aromatic heterocycles. The minimum Gasteiger partial charge on any atom is -0.357 e. The van der Waals surface area contributed by atoms with Crippen LogP contribution in [0.3, 0.4) is 0 Å². The molecule has 0 amide bonds. The SMILES string of the molecule is CCNC(=NCc1ccc(C)cc1)N1CCS(=O)(=O)C(C)(C)C1.I. The molecular formula is C17H28IN3O2S. The van der Waals surface area contributed by atoms with Gasteiger partial charge in [-0.25, -0.2) is 13.4 Å². The van der Waals surface area contributed by atoms with Crippen molar-refractivity contribution < 1.29 is 8.42 Å². The number of nitrogens with zero attached hydrogens (tertiary/aromatic N) is 2. The summed E-state index contributed by atoms with van der Waals surface area (Å²) in [6.45, 7) is 9.97. The van der Waals surface area contributed by atoms with Gasteiger partial charge in [0, 0.05) is 19.6 Å². The molecule has 1 aromatic carbocycles. The molecule has 7 heteroatoms. The van der Waals surface area contributed by atoms with Gasteiger partial charge in [0.2, 0.25) is 0 Å². The minimum absolute atomic E-state index is 0. The van der Waals surface area contributed by atoms with E-state index in [1.54, 1.807) is 13.8 Å².